The highest BCUT2D eigenvalue weighted by Gasteiger charge is 2.00. The van der Waals surface area contributed by atoms with Crippen molar-refractivity contribution in [2.75, 3.05) is 5.73 Å². The van der Waals surface area contributed by atoms with Crippen molar-refractivity contribution in [1.82, 2.24) is 0 Å². The molecule has 2 N–H and O–H groups in total. The van der Waals surface area contributed by atoms with Gasteiger partial charge in [-0.2, -0.15) is 0 Å². The van der Waals surface area contributed by atoms with Gasteiger partial charge in [-0.15, -0.1) is 0 Å². The van der Waals surface area contributed by atoms with Gasteiger partial charge < -0.3 is 10.5 Å². The third-order valence-corrected chi connectivity index (χ3v) is 3.05. The Morgan fingerprint density at radius 1 is 0.944 bits per heavy atom. The number of rotatable bonds is 3. The van der Waals surface area contributed by atoms with Crippen molar-refractivity contribution in [3.8, 4) is 5.75 Å². The summed E-state index contributed by atoms with van der Waals surface area (Å²) in [6.45, 7) is 6.81. The number of ether oxygens (including phenoxy) is 1. The summed E-state index contributed by atoms with van der Waals surface area (Å²) in [5.74, 6) is 0.825. The van der Waals surface area contributed by atoms with Crippen molar-refractivity contribution in [2.24, 2.45) is 0 Å². The third kappa shape index (κ3) is 3.04. The molecule has 0 saturated carbocycles. The minimum absolute atomic E-state index is 0.573. The van der Waals surface area contributed by atoms with Gasteiger partial charge in [0.25, 0.3) is 0 Å². The van der Waals surface area contributed by atoms with E-state index in [4.69, 9.17) is 10.5 Å². The maximum Gasteiger partial charge on any atom is 0.122 e. The zero-order valence-corrected chi connectivity index (χ0v) is 11.2. The lowest BCUT2D eigenvalue weighted by Crippen LogP contribution is -1.98. The second-order valence-corrected chi connectivity index (χ2v) is 4.79. The van der Waals surface area contributed by atoms with Crippen LogP contribution in [0.2, 0.25) is 0 Å². The number of nitrogens with two attached hydrogens (primary N) is 1. The molecule has 2 rings (SSSR count). The van der Waals surface area contributed by atoms with Crippen molar-refractivity contribution in [3.05, 3.63) is 58.7 Å². The van der Waals surface area contributed by atoms with Gasteiger partial charge in [0.1, 0.15) is 12.4 Å². The van der Waals surface area contributed by atoms with Crippen LogP contribution in [0.1, 0.15) is 22.3 Å². The number of benzene rings is 2. The lowest BCUT2D eigenvalue weighted by atomic mass is 10.1. The maximum atomic E-state index is 5.79. The molecule has 0 radical (unpaired) electrons. The molecule has 0 aromatic heterocycles. The molecule has 2 aromatic rings. The topological polar surface area (TPSA) is 35.2 Å². The molecule has 0 fully saturated rings. The first-order valence-electron chi connectivity index (χ1n) is 6.11. The number of nitrogen functional groups attached to an aromatic ring is 1. The molecule has 0 unspecified atom stereocenters. The van der Waals surface area contributed by atoms with E-state index in [1.807, 2.05) is 25.1 Å². The summed E-state index contributed by atoms with van der Waals surface area (Å²) in [6, 6.07) is 12.2. The molecule has 0 atom stereocenters. The smallest absolute Gasteiger partial charge is 0.122 e. The summed E-state index contributed by atoms with van der Waals surface area (Å²) < 4.78 is 5.77. The van der Waals surface area contributed by atoms with E-state index in [1.165, 1.54) is 16.7 Å². The summed E-state index contributed by atoms with van der Waals surface area (Å²) in [5.41, 5.74) is 11.4. The van der Waals surface area contributed by atoms with E-state index in [1.54, 1.807) is 0 Å². The zero-order chi connectivity index (χ0) is 13.1. The highest BCUT2D eigenvalue weighted by molar-refractivity contribution is 5.47. The minimum atomic E-state index is 0.573. The quantitative estimate of drug-likeness (QED) is 0.830. The van der Waals surface area contributed by atoms with Gasteiger partial charge in [-0.3, -0.25) is 0 Å². The van der Waals surface area contributed by atoms with Gasteiger partial charge in [0.05, 0.1) is 0 Å². The van der Waals surface area contributed by atoms with E-state index in [0.29, 0.717) is 6.61 Å². The maximum absolute atomic E-state index is 5.79. The molecule has 0 saturated heterocycles. The average molecular weight is 241 g/mol. The Bertz CT molecular complexity index is 541. The molecule has 0 amide bonds. The SMILES string of the molecule is Cc1cc(N)cc(OCc2ccc(C)c(C)c2)c1. The van der Waals surface area contributed by atoms with Crippen molar-refractivity contribution in [1.29, 1.82) is 0 Å². The molecule has 0 aliphatic rings. The molecular formula is C16H19NO. The largest absolute Gasteiger partial charge is 0.489 e. The Hall–Kier alpha value is -1.96. The number of aryl methyl sites for hydroxylation is 3. The highest BCUT2D eigenvalue weighted by atomic mass is 16.5. The Kier molecular flexibility index (Phi) is 3.56. The Morgan fingerprint density at radius 3 is 2.39 bits per heavy atom. The molecular weight excluding hydrogens is 222 g/mol. The van der Waals surface area contributed by atoms with Crippen LogP contribution < -0.4 is 10.5 Å². The van der Waals surface area contributed by atoms with Crippen molar-refractivity contribution in [2.45, 2.75) is 27.4 Å². The second kappa shape index (κ2) is 5.13. The van der Waals surface area contributed by atoms with Crippen LogP contribution in [0.4, 0.5) is 5.69 Å². The Labute approximate surface area is 108 Å². The number of hydrogen-bond donors (Lipinski definition) is 1. The average Bonchev–Trinajstić information content (AvgIpc) is 2.29. The molecule has 0 aliphatic carbocycles. The number of anilines is 1. The van der Waals surface area contributed by atoms with Crippen LogP contribution >= 0.6 is 0 Å². The van der Waals surface area contributed by atoms with E-state index < -0.39 is 0 Å². The molecule has 94 valence electrons. The summed E-state index contributed by atoms with van der Waals surface area (Å²) in [4.78, 5) is 0. The second-order valence-electron chi connectivity index (χ2n) is 4.79. The van der Waals surface area contributed by atoms with Crippen LogP contribution in [0.25, 0.3) is 0 Å². The van der Waals surface area contributed by atoms with Crippen LogP contribution in [0.15, 0.2) is 36.4 Å². The lowest BCUT2D eigenvalue weighted by Gasteiger charge is -2.09. The summed E-state index contributed by atoms with van der Waals surface area (Å²) in [6.07, 6.45) is 0. The number of hydrogen-bond acceptors (Lipinski definition) is 2. The van der Waals surface area contributed by atoms with Gasteiger partial charge in [0.15, 0.2) is 0 Å². The first-order valence-corrected chi connectivity index (χ1v) is 6.11. The molecule has 0 heterocycles. The third-order valence-electron chi connectivity index (χ3n) is 3.05. The zero-order valence-electron chi connectivity index (χ0n) is 11.2. The van der Waals surface area contributed by atoms with Gasteiger partial charge in [-0.25, -0.2) is 0 Å². The molecule has 2 heteroatoms. The van der Waals surface area contributed by atoms with E-state index >= 15 is 0 Å². The summed E-state index contributed by atoms with van der Waals surface area (Å²) >= 11 is 0. The van der Waals surface area contributed by atoms with Crippen LogP contribution in [0.3, 0.4) is 0 Å². The van der Waals surface area contributed by atoms with Crippen LogP contribution in [-0.4, -0.2) is 0 Å². The van der Waals surface area contributed by atoms with E-state index in [2.05, 4.69) is 32.0 Å². The Balaban J connectivity index is 2.08. The fourth-order valence-electron chi connectivity index (χ4n) is 1.92. The van der Waals surface area contributed by atoms with Crippen LogP contribution in [-0.2, 0) is 6.61 Å². The highest BCUT2D eigenvalue weighted by Crippen LogP contribution is 2.20. The molecule has 0 aliphatic heterocycles. The van der Waals surface area contributed by atoms with Crippen molar-refractivity contribution >= 4 is 5.69 Å². The Morgan fingerprint density at radius 2 is 1.72 bits per heavy atom. The first-order chi connectivity index (χ1) is 8.54. The van der Waals surface area contributed by atoms with Crippen LogP contribution in [0.5, 0.6) is 5.75 Å². The molecule has 0 bridgehead atoms. The lowest BCUT2D eigenvalue weighted by molar-refractivity contribution is 0.306. The van der Waals surface area contributed by atoms with Gasteiger partial charge in [-0.1, -0.05) is 18.2 Å². The molecule has 18 heavy (non-hydrogen) atoms. The van der Waals surface area contributed by atoms with Gasteiger partial charge >= 0.3 is 0 Å². The molecule has 2 nitrogen and oxygen atoms in total. The fourth-order valence-corrected chi connectivity index (χ4v) is 1.92. The normalized spacial score (nSPS) is 10.4. The predicted molar refractivity (Wildman–Crippen MR) is 75.8 cm³/mol. The van der Waals surface area contributed by atoms with E-state index in [-0.39, 0.29) is 0 Å². The van der Waals surface area contributed by atoms with Crippen LogP contribution in [0, 0.1) is 20.8 Å². The van der Waals surface area contributed by atoms with Gasteiger partial charge in [0.2, 0.25) is 0 Å². The summed E-state index contributed by atoms with van der Waals surface area (Å²) in [5, 5.41) is 0. The van der Waals surface area contributed by atoms with Crippen molar-refractivity contribution < 1.29 is 4.74 Å². The van der Waals surface area contributed by atoms with Gasteiger partial charge in [0, 0.05) is 11.8 Å². The first kappa shape index (κ1) is 12.5. The predicted octanol–water partition coefficient (Wildman–Crippen LogP) is 3.77. The van der Waals surface area contributed by atoms with Crippen molar-refractivity contribution in [3.63, 3.8) is 0 Å². The van der Waals surface area contributed by atoms with Gasteiger partial charge in [-0.05, 0) is 55.2 Å². The van der Waals surface area contributed by atoms with E-state index in [0.717, 1.165) is 17.0 Å². The molecule has 0 spiro atoms. The summed E-state index contributed by atoms with van der Waals surface area (Å²) in [7, 11) is 0. The monoisotopic (exact) mass is 241 g/mol. The standard InChI is InChI=1S/C16H19NO/c1-11-6-15(17)9-16(7-11)18-10-14-5-4-12(2)13(3)8-14/h4-9H,10,17H2,1-3H3. The minimum Gasteiger partial charge on any atom is -0.489 e. The molecule has 2 aromatic carbocycles. The van der Waals surface area contributed by atoms with E-state index in [9.17, 15) is 0 Å². The fraction of sp³-hybridized carbons (Fsp3) is 0.250.